The van der Waals surface area contributed by atoms with Crippen LogP contribution in [0.25, 0.3) is 0 Å². The van der Waals surface area contributed by atoms with E-state index in [9.17, 15) is 4.39 Å². The summed E-state index contributed by atoms with van der Waals surface area (Å²) in [5.74, 6) is 0.407. The fraction of sp³-hybridized carbons (Fsp3) is 0.375. The molecule has 2 heterocycles. The number of halogens is 1. The first-order valence-electron chi connectivity index (χ1n) is 6.81. The molecular weight excluding hydrogens is 239 g/mol. The van der Waals surface area contributed by atoms with Gasteiger partial charge in [0.1, 0.15) is 5.82 Å². The predicted octanol–water partition coefficient (Wildman–Crippen LogP) is 3.32. The van der Waals surface area contributed by atoms with Gasteiger partial charge in [0.05, 0.1) is 0 Å². The molecule has 1 aromatic carbocycles. The summed E-state index contributed by atoms with van der Waals surface area (Å²) in [7, 11) is 0. The van der Waals surface area contributed by atoms with Gasteiger partial charge in [-0.3, -0.25) is 4.90 Å². The molecule has 0 N–H and O–H groups in total. The van der Waals surface area contributed by atoms with Crippen LogP contribution in [0, 0.1) is 11.7 Å². The monoisotopic (exact) mass is 258 g/mol. The Morgan fingerprint density at radius 2 is 1.95 bits per heavy atom. The van der Waals surface area contributed by atoms with Gasteiger partial charge in [0.25, 0.3) is 0 Å². The molecule has 2 aromatic rings. The summed E-state index contributed by atoms with van der Waals surface area (Å²) in [5, 5.41) is 0. The lowest BCUT2D eigenvalue weighted by Crippen LogP contribution is -2.20. The molecule has 0 radical (unpaired) electrons. The van der Waals surface area contributed by atoms with E-state index in [2.05, 4.69) is 36.1 Å². The first-order chi connectivity index (χ1) is 9.22. The minimum absolute atomic E-state index is 0.145. The minimum Gasteiger partial charge on any atom is -0.347 e. The fourth-order valence-electron chi connectivity index (χ4n) is 3.00. The Morgan fingerprint density at radius 1 is 1.16 bits per heavy atom. The van der Waals surface area contributed by atoms with Gasteiger partial charge in [-0.15, -0.1) is 0 Å². The number of benzene rings is 1. The molecule has 19 heavy (non-hydrogen) atoms. The third kappa shape index (κ3) is 2.71. The van der Waals surface area contributed by atoms with Crippen LogP contribution in [-0.4, -0.2) is 22.6 Å². The molecule has 3 rings (SSSR count). The maximum atomic E-state index is 13.1. The van der Waals surface area contributed by atoms with E-state index in [4.69, 9.17) is 0 Å². The Hall–Kier alpha value is -1.61. The standard InChI is InChI=1S/C16H19FN2/c1-13-9-18(10-14-5-3-2-4-6-14)12-16(13)19-8-7-15(17)11-19/h2-8,11,13,16H,9-10,12H2,1H3/t13-,16-/m1/s1. The van der Waals surface area contributed by atoms with Crippen molar-refractivity contribution in [2.45, 2.75) is 19.5 Å². The molecule has 1 saturated heterocycles. The summed E-state index contributed by atoms with van der Waals surface area (Å²) in [6.45, 7) is 5.28. The molecule has 0 spiro atoms. The molecule has 1 fully saturated rings. The SMILES string of the molecule is C[C@@H]1CN(Cc2ccccc2)C[C@H]1n1ccc(F)c1. The second kappa shape index (κ2) is 5.17. The van der Waals surface area contributed by atoms with E-state index >= 15 is 0 Å². The lowest BCUT2D eigenvalue weighted by atomic mass is 10.1. The smallest absolute Gasteiger partial charge is 0.140 e. The molecule has 0 aliphatic carbocycles. The van der Waals surface area contributed by atoms with Gasteiger partial charge in [-0.25, -0.2) is 4.39 Å². The van der Waals surface area contributed by atoms with Gasteiger partial charge in [0.15, 0.2) is 0 Å². The van der Waals surface area contributed by atoms with E-state index in [1.165, 1.54) is 11.6 Å². The second-order valence-electron chi connectivity index (χ2n) is 5.50. The Balaban J connectivity index is 1.68. The van der Waals surface area contributed by atoms with Crippen LogP contribution in [0.3, 0.4) is 0 Å². The van der Waals surface area contributed by atoms with E-state index < -0.39 is 0 Å². The van der Waals surface area contributed by atoms with Crippen LogP contribution >= 0.6 is 0 Å². The van der Waals surface area contributed by atoms with E-state index in [1.54, 1.807) is 6.20 Å². The van der Waals surface area contributed by atoms with Crippen LogP contribution in [0.1, 0.15) is 18.5 Å². The summed E-state index contributed by atoms with van der Waals surface area (Å²) in [4.78, 5) is 2.45. The minimum atomic E-state index is -0.145. The highest BCUT2D eigenvalue weighted by Crippen LogP contribution is 2.29. The molecule has 0 amide bonds. The lowest BCUT2D eigenvalue weighted by molar-refractivity contribution is 0.314. The number of hydrogen-bond acceptors (Lipinski definition) is 1. The van der Waals surface area contributed by atoms with Crippen molar-refractivity contribution in [2.75, 3.05) is 13.1 Å². The number of aromatic nitrogens is 1. The second-order valence-corrected chi connectivity index (χ2v) is 5.50. The number of nitrogens with zero attached hydrogens (tertiary/aromatic N) is 2. The summed E-state index contributed by atoms with van der Waals surface area (Å²) in [6.07, 6.45) is 3.45. The van der Waals surface area contributed by atoms with Gasteiger partial charge < -0.3 is 4.57 Å². The summed E-state index contributed by atoms with van der Waals surface area (Å²) < 4.78 is 15.1. The van der Waals surface area contributed by atoms with Crippen LogP contribution < -0.4 is 0 Å². The molecule has 1 aliphatic heterocycles. The Bertz CT molecular complexity index is 535. The normalized spacial score (nSPS) is 23.9. The van der Waals surface area contributed by atoms with Gasteiger partial charge in [0, 0.05) is 38.1 Å². The van der Waals surface area contributed by atoms with Crippen LogP contribution in [0.15, 0.2) is 48.8 Å². The van der Waals surface area contributed by atoms with Crippen molar-refractivity contribution >= 4 is 0 Å². The highest BCUT2D eigenvalue weighted by Gasteiger charge is 2.30. The van der Waals surface area contributed by atoms with E-state index in [-0.39, 0.29) is 5.82 Å². The van der Waals surface area contributed by atoms with Gasteiger partial charge in [-0.1, -0.05) is 37.3 Å². The predicted molar refractivity (Wildman–Crippen MR) is 74.3 cm³/mol. The topological polar surface area (TPSA) is 8.17 Å². The average molecular weight is 258 g/mol. The zero-order valence-electron chi connectivity index (χ0n) is 11.2. The summed E-state index contributed by atoms with van der Waals surface area (Å²) >= 11 is 0. The van der Waals surface area contributed by atoms with E-state index in [1.807, 2.05) is 16.8 Å². The quantitative estimate of drug-likeness (QED) is 0.820. The summed E-state index contributed by atoms with van der Waals surface area (Å²) in [5.41, 5.74) is 1.34. The first-order valence-corrected chi connectivity index (χ1v) is 6.81. The molecule has 3 heteroatoms. The highest BCUT2D eigenvalue weighted by atomic mass is 19.1. The van der Waals surface area contributed by atoms with Crippen molar-refractivity contribution in [3.8, 4) is 0 Å². The van der Waals surface area contributed by atoms with Gasteiger partial charge in [0.2, 0.25) is 0 Å². The molecule has 1 aromatic heterocycles. The molecule has 0 saturated carbocycles. The Labute approximate surface area is 113 Å². The van der Waals surface area contributed by atoms with Crippen LogP contribution in [-0.2, 0) is 6.54 Å². The van der Waals surface area contributed by atoms with Gasteiger partial charge in [-0.05, 0) is 17.5 Å². The molecule has 100 valence electrons. The number of likely N-dealkylation sites (tertiary alicyclic amines) is 1. The zero-order valence-corrected chi connectivity index (χ0v) is 11.2. The van der Waals surface area contributed by atoms with Crippen molar-refractivity contribution < 1.29 is 4.39 Å². The first kappa shape index (κ1) is 12.4. The molecular formula is C16H19FN2. The van der Waals surface area contributed by atoms with Crippen molar-refractivity contribution in [1.29, 1.82) is 0 Å². The van der Waals surface area contributed by atoms with Gasteiger partial charge >= 0.3 is 0 Å². The Morgan fingerprint density at radius 3 is 2.63 bits per heavy atom. The maximum absolute atomic E-state index is 13.1. The van der Waals surface area contributed by atoms with Gasteiger partial charge in [-0.2, -0.15) is 0 Å². The molecule has 0 bridgehead atoms. The van der Waals surface area contributed by atoms with Crippen LogP contribution in [0.4, 0.5) is 4.39 Å². The van der Waals surface area contributed by atoms with Crippen molar-refractivity contribution in [2.24, 2.45) is 5.92 Å². The van der Waals surface area contributed by atoms with Crippen molar-refractivity contribution in [1.82, 2.24) is 9.47 Å². The van der Waals surface area contributed by atoms with Crippen LogP contribution in [0.5, 0.6) is 0 Å². The molecule has 2 nitrogen and oxygen atoms in total. The largest absolute Gasteiger partial charge is 0.347 e. The Kier molecular flexibility index (Phi) is 3.38. The number of rotatable bonds is 3. The molecule has 1 aliphatic rings. The maximum Gasteiger partial charge on any atom is 0.140 e. The summed E-state index contributed by atoms with van der Waals surface area (Å²) in [6, 6.07) is 12.4. The third-order valence-corrected chi connectivity index (χ3v) is 3.96. The number of hydrogen-bond donors (Lipinski definition) is 0. The zero-order chi connectivity index (χ0) is 13.2. The third-order valence-electron chi connectivity index (χ3n) is 3.96. The lowest BCUT2D eigenvalue weighted by Gasteiger charge is -2.17. The molecule has 2 atom stereocenters. The fourth-order valence-corrected chi connectivity index (χ4v) is 3.00. The molecule has 0 unspecified atom stereocenters. The van der Waals surface area contributed by atoms with E-state index in [0.29, 0.717) is 12.0 Å². The van der Waals surface area contributed by atoms with Crippen molar-refractivity contribution in [3.05, 3.63) is 60.2 Å². The van der Waals surface area contributed by atoms with Crippen LogP contribution in [0.2, 0.25) is 0 Å². The average Bonchev–Trinajstić information content (AvgIpc) is 2.97. The van der Waals surface area contributed by atoms with E-state index in [0.717, 1.165) is 19.6 Å². The highest BCUT2D eigenvalue weighted by molar-refractivity contribution is 5.15. The van der Waals surface area contributed by atoms with Crippen molar-refractivity contribution in [3.63, 3.8) is 0 Å².